The summed E-state index contributed by atoms with van der Waals surface area (Å²) in [5, 5.41) is 0. The number of rotatable bonds is 10. The van der Waals surface area contributed by atoms with Crippen molar-refractivity contribution >= 4 is 5.97 Å². The van der Waals surface area contributed by atoms with Gasteiger partial charge in [0.05, 0.1) is 25.7 Å². The van der Waals surface area contributed by atoms with Gasteiger partial charge in [0.15, 0.2) is 12.1 Å². The van der Waals surface area contributed by atoms with Crippen LogP contribution < -0.4 is 0 Å². The van der Waals surface area contributed by atoms with Gasteiger partial charge in [0.1, 0.15) is 6.10 Å². The van der Waals surface area contributed by atoms with E-state index in [1.807, 2.05) is 0 Å². The van der Waals surface area contributed by atoms with Crippen LogP contribution in [0.1, 0.15) is 77.6 Å². The van der Waals surface area contributed by atoms with Crippen LogP contribution in [0.2, 0.25) is 0 Å². The fourth-order valence-electron chi connectivity index (χ4n) is 5.35. The minimum atomic E-state index is -0.625. The minimum absolute atomic E-state index is 0.00968. The number of hydrogen-bond donors (Lipinski definition) is 0. The maximum absolute atomic E-state index is 11.9. The number of fused-ring (bicyclic) bond motifs is 1. The summed E-state index contributed by atoms with van der Waals surface area (Å²) in [7, 11) is 0. The lowest BCUT2D eigenvalue weighted by atomic mass is 9.90. The Hall–Kier alpha value is -0.950. The zero-order valence-electron chi connectivity index (χ0n) is 18.4. The number of esters is 1. The van der Waals surface area contributed by atoms with Crippen molar-refractivity contribution < 1.29 is 28.5 Å². The summed E-state index contributed by atoms with van der Waals surface area (Å²) in [6.45, 7) is 4.26. The lowest BCUT2D eigenvalue weighted by molar-refractivity contribution is -0.194. The molecule has 1 saturated carbocycles. The molecule has 0 aromatic rings. The Morgan fingerprint density at radius 1 is 1.10 bits per heavy atom. The first kappa shape index (κ1) is 22.3. The predicted molar refractivity (Wildman–Crippen MR) is 112 cm³/mol. The van der Waals surface area contributed by atoms with Crippen molar-refractivity contribution in [1.82, 2.24) is 0 Å². The van der Waals surface area contributed by atoms with Crippen molar-refractivity contribution in [3.05, 3.63) is 12.2 Å². The van der Waals surface area contributed by atoms with E-state index in [2.05, 4.69) is 19.1 Å². The molecule has 0 bridgehead atoms. The van der Waals surface area contributed by atoms with Crippen LogP contribution in [0.25, 0.3) is 0 Å². The molecule has 3 aliphatic heterocycles. The smallest absolute Gasteiger partial charge is 0.306 e. The third-order valence-corrected chi connectivity index (χ3v) is 6.99. The first-order chi connectivity index (χ1) is 14.7. The van der Waals surface area contributed by atoms with E-state index in [-0.39, 0.29) is 36.3 Å². The molecule has 1 unspecified atom stereocenters. The maximum Gasteiger partial charge on any atom is 0.306 e. The van der Waals surface area contributed by atoms with Crippen molar-refractivity contribution in [2.75, 3.05) is 19.8 Å². The molecule has 4 fully saturated rings. The monoisotopic (exact) mass is 422 g/mol. The van der Waals surface area contributed by atoms with Crippen molar-refractivity contribution in [1.29, 1.82) is 0 Å². The minimum Gasteiger partial charge on any atom is -0.462 e. The third kappa shape index (κ3) is 5.45. The van der Waals surface area contributed by atoms with Crippen molar-refractivity contribution in [3.8, 4) is 0 Å². The van der Waals surface area contributed by atoms with Gasteiger partial charge in [0.2, 0.25) is 0 Å². The van der Waals surface area contributed by atoms with Crippen LogP contribution in [0.4, 0.5) is 0 Å². The molecule has 170 valence electrons. The summed E-state index contributed by atoms with van der Waals surface area (Å²) < 4.78 is 29.9. The van der Waals surface area contributed by atoms with Crippen LogP contribution in [0, 0.1) is 11.8 Å². The molecule has 3 heterocycles. The van der Waals surface area contributed by atoms with E-state index >= 15 is 0 Å². The second kappa shape index (κ2) is 10.6. The highest BCUT2D eigenvalue weighted by Crippen LogP contribution is 2.45. The quantitative estimate of drug-likeness (QED) is 0.293. The van der Waals surface area contributed by atoms with Crippen LogP contribution in [0.15, 0.2) is 12.2 Å². The van der Waals surface area contributed by atoms with Crippen molar-refractivity contribution in [2.24, 2.45) is 11.8 Å². The Morgan fingerprint density at radius 3 is 2.70 bits per heavy atom. The summed E-state index contributed by atoms with van der Waals surface area (Å²) in [6, 6.07) is 0. The van der Waals surface area contributed by atoms with Gasteiger partial charge in [-0.2, -0.15) is 0 Å². The topological polar surface area (TPSA) is 63.2 Å². The number of hydrogen-bond acceptors (Lipinski definition) is 6. The van der Waals surface area contributed by atoms with Gasteiger partial charge in [-0.15, -0.1) is 0 Å². The Kier molecular flexibility index (Phi) is 7.85. The number of carbonyl (C=O) groups is 1. The van der Waals surface area contributed by atoms with Gasteiger partial charge in [0, 0.05) is 31.3 Å². The van der Waals surface area contributed by atoms with E-state index < -0.39 is 5.79 Å². The Labute approximate surface area is 180 Å². The normalized spacial score (nSPS) is 35.8. The Balaban J connectivity index is 1.41. The van der Waals surface area contributed by atoms with Gasteiger partial charge in [-0.05, 0) is 31.8 Å². The molecule has 6 heteroatoms. The van der Waals surface area contributed by atoms with Gasteiger partial charge < -0.3 is 23.7 Å². The lowest BCUT2D eigenvalue weighted by Crippen LogP contribution is -2.32. The summed E-state index contributed by atoms with van der Waals surface area (Å²) >= 11 is 0. The highest BCUT2D eigenvalue weighted by molar-refractivity contribution is 5.72. The second-order valence-corrected chi connectivity index (χ2v) is 9.21. The van der Waals surface area contributed by atoms with Crippen LogP contribution in [-0.4, -0.2) is 50.1 Å². The molecule has 0 N–H and O–H groups in total. The molecule has 0 aromatic carbocycles. The first-order valence-electron chi connectivity index (χ1n) is 12.1. The van der Waals surface area contributed by atoms with Gasteiger partial charge in [0.25, 0.3) is 0 Å². The molecule has 0 spiro atoms. The summed E-state index contributed by atoms with van der Waals surface area (Å²) in [5.74, 6) is -0.420. The summed E-state index contributed by atoms with van der Waals surface area (Å²) in [6.07, 6.45) is 15.5. The zero-order valence-corrected chi connectivity index (χ0v) is 18.4. The fourth-order valence-corrected chi connectivity index (χ4v) is 5.35. The molecular weight excluding hydrogens is 384 g/mol. The fraction of sp³-hybridized carbons (Fsp3) is 0.875. The Morgan fingerprint density at radius 2 is 1.93 bits per heavy atom. The van der Waals surface area contributed by atoms with Crippen molar-refractivity contribution in [3.63, 3.8) is 0 Å². The second-order valence-electron chi connectivity index (χ2n) is 9.21. The van der Waals surface area contributed by atoms with E-state index in [1.165, 1.54) is 25.7 Å². The molecule has 30 heavy (non-hydrogen) atoms. The van der Waals surface area contributed by atoms with E-state index in [1.54, 1.807) is 0 Å². The molecule has 3 saturated heterocycles. The van der Waals surface area contributed by atoms with E-state index in [9.17, 15) is 4.79 Å². The van der Waals surface area contributed by atoms with Crippen LogP contribution in [0.5, 0.6) is 0 Å². The van der Waals surface area contributed by atoms with Gasteiger partial charge in [-0.3, -0.25) is 4.79 Å². The predicted octanol–water partition coefficient (Wildman–Crippen LogP) is 4.51. The zero-order chi connectivity index (χ0) is 20.8. The molecule has 4 aliphatic rings. The number of carbonyl (C=O) groups excluding carboxylic acids is 1. The first-order valence-corrected chi connectivity index (χ1v) is 12.1. The standard InChI is InChI=1S/C24H38O6/c1-2-3-4-5-7-11-24(27-14-15-28-24)12-10-18-19-16-22(25)29-21(19)17-20(18)30-23-9-6-8-13-26-23/h10,12,18-21,23H,2-9,11,13-17H2,1H3/t18-,19-,20-,21+,23?/m1/s1. The molecule has 0 amide bonds. The molecule has 0 radical (unpaired) electrons. The highest BCUT2D eigenvalue weighted by atomic mass is 16.7. The molecule has 4 rings (SSSR count). The molecule has 1 aliphatic carbocycles. The van der Waals surface area contributed by atoms with E-state index in [4.69, 9.17) is 23.7 Å². The summed E-state index contributed by atoms with van der Waals surface area (Å²) in [4.78, 5) is 11.9. The SMILES string of the molecule is CCCCCCCC1(C=C[C@@H]2[C@H]3CC(=O)O[C@H]3C[C@H]2OC2CCCCO2)OCCO1. The number of ether oxygens (including phenoxy) is 5. The highest BCUT2D eigenvalue weighted by Gasteiger charge is 2.50. The average molecular weight is 423 g/mol. The average Bonchev–Trinajstić information content (AvgIpc) is 3.43. The van der Waals surface area contributed by atoms with Crippen LogP contribution in [-0.2, 0) is 28.5 Å². The van der Waals surface area contributed by atoms with Gasteiger partial charge >= 0.3 is 5.97 Å². The molecular formula is C24H38O6. The Bertz CT molecular complexity index is 578. The van der Waals surface area contributed by atoms with E-state index in [0.29, 0.717) is 19.6 Å². The largest absolute Gasteiger partial charge is 0.462 e. The lowest BCUT2D eigenvalue weighted by Gasteiger charge is -2.29. The van der Waals surface area contributed by atoms with Crippen molar-refractivity contribution in [2.45, 2.75) is 102 Å². The van der Waals surface area contributed by atoms with E-state index in [0.717, 1.165) is 45.1 Å². The van der Waals surface area contributed by atoms with Crippen LogP contribution >= 0.6 is 0 Å². The number of unbranched alkanes of at least 4 members (excludes halogenated alkanes) is 4. The molecule has 5 atom stereocenters. The van der Waals surface area contributed by atoms with Gasteiger partial charge in [-0.25, -0.2) is 0 Å². The third-order valence-electron chi connectivity index (χ3n) is 6.99. The molecule has 0 aromatic heterocycles. The van der Waals surface area contributed by atoms with Crippen LogP contribution in [0.3, 0.4) is 0 Å². The van der Waals surface area contributed by atoms with Gasteiger partial charge in [-0.1, -0.05) is 38.7 Å². The maximum atomic E-state index is 11.9. The molecule has 6 nitrogen and oxygen atoms in total. The summed E-state index contributed by atoms with van der Waals surface area (Å²) in [5.41, 5.74) is 0.